The average Bonchev–Trinajstić information content (AvgIpc) is 2.78. The standard InChI is InChI=1S/C15H21N3/c1-18-10-12(14-13(18)6-5-9-17-14)15(11-16)7-3-2-4-8-15/h5-6,9-10H,2-4,7-8,11,16H2,1H3. The van der Waals surface area contributed by atoms with E-state index in [-0.39, 0.29) is 5.41 Å². The summed E-state index contributed by atoms with van der Waals surface area (Å²) < 4.78 is 2.18. The average molecular weight is 243 g/mol. The van der Waals surface area contributed by atoms with Gasteiger partial charge in [-0.05, 0) is 25.0 Å². The Kier molecular flexibility index (Phi) is 2.86. The molecule has 0 saturated heterocycles. The highest BCUT2D eigenvalue weighted by molar-refractivity contribution is 5.80. The Morgan fingerprint density at radius 2 is 2.11 bits per heavy atom. The molecule has 2 N–H and O–H groups in total. The molecule has 1 saturated carbocycles. The van der Waals surface area contributed by atoms with Crippen molar-refractivity contribution in [2.75, 3.05) is 6.54 Å². The van der Waals surface area contributed by atoms with Gasteiger partial charge in [0.1, 0.15) is 0 Å². The van der Waals surface area contributed by atoms with Crippen molar-refractivity contribution < 1.29 is 0 Å². The van der Waals surface area contributed by atoms with Crippen LogP contribution in [0.15, 0.2) is 24.5 Å². The maximum absolute atomic E-state index is 6.13. The predicted octanol–water partition coefficient (Wildman–Crippen LogP) is 2.73. The summed E-state index contributed by atoms with van der Waals surface area (Å²) in [4.78, 5) is 4.59. The van der Waals surface area contributed by atoms with Crippen LogP contribution in [0.25, 0.3) is 11.0 Å². The number of pyridine rings is 1. The Morgan fingerprint density at radius 3 is 2.83 bits per heavy atom. The first-order valence-corrected chi connectivity index (χ1v) is 6.87. The third kappa shape index (κ3) is 1.65. The lowest BCUT2D eigenvalue weighted by atomic mass is 9.70. The number of hydrogen-bond donors (Lipinski definition) is 1. The zero-order chi connectivity index (χ0) is 12.6. The molecular formula is C15H21N3. The molecule has 0 spiro atoms. The van der Waals surface area contributed by atoms with Crippen molar-refractivity contribution in [2.24, 2.45) is 12.8 Å². The van der Waals surface area contributed by atoms with Gasteiger partial charge in [0.05, 0.1) is 11.0 Å². The zero-order valence-electron chi connectivity index (χ0n) is 11.0. The molecule has 0 unspecified atom stereocenters. The maximum Gasteiger partial charge on any atom is 0.0918 e. The van der Waals surface area contributed by atoms with E-state index in [9.17, 15) is 0 Å². The number of aryl methyl sites for hydroxylation is 1. The van der Waals surface area contributed by atoms with Crippen LogP contribution in [-0.4, -0.2) is 16.1 Å². The quantitative estimate of drug-likeness (QED) is 0.881. The number of aromatic nitrogens is 2. The minimum Gasteiger partial charge on any atom is -0.349 e. The Hall–Kier alpha value is -1.35. The predicted molar refractivity (Wildman–Crippen MR) is 74.5 cm³/mol. The summed E-state index contributed by atoms with van der Waals surface area (Å²) in [5.74, 6) is 0. The molecule has 0 aromatic carbocycles. The molecule has 0 amide bonds. The summed E-state index contributed by atoms with van der Waals surface area (Å²) >= 11 is 0. The first-order valence-electron chi connectivity index (χ1n) is 6.87. The van der Waals surface area contributed by atoms with Crippen LogP contribution in [0.1, 0.15) is 37.7 Å². The first-order chi connectivity index (χ1) is 8.77. The fraction of sp³-hybridized carbons (Fsp3) is 0.533. The molecule has 0 aliphatic heterocycles. The fourth-order valence-electron chi connectivity index (χ4n) is 3.41. The molecule has 3 nitrogen and oxygen atoms in total. The minimum atomic E-state index is 0.159. The van der Waals surface area contributed by atoms with Gasteiger partial charge in [0, 0.05) is 37.0 Å². The summed E-state index contributed by atoms with van der Waals surface area (Å²) in [5, 5.41) is 0. The summed E-state index contributed by atoms with van der Waals surface area (Å²) in [6, 6.07) is 4.14. The molecular weight excluding hydrogens is 222 g/mol. The Balaban J connectivity index is 2.18. The van der Waals surface area contributed by atoms with Crippen LogP contribution < -0.4 is 5.73 Å². The van der Waals surface area contributed by atoms with E-state index in [4.69, 9.17) is 5.73 Å². The van der Waals surface area contributed by atoms with Crippen LogP contribution >= 0.6 is 0 Å². The van der Waals surface area contributed by atoms with E-state index in [0.717, 1.165) is 12.1 Å². The normalized spacial score (nSPS) is 19.2. The van der Waals surface area contributed by atoms with E-state index >= 15 is 0 Å². The zero-order valence-corrected chi connectivity index (χ0v) is 11.0. The Morgan fingerprint density at radius 1 is 1.33 bits per heavy atom. The highest BCUT2D eigenvalue weighted by Crippen LogP contribution is 2.41. The second kappa shape index (κ2) is 4.39. The highest BCUT2D eigenvalue weighted by atomic mass is 14.9. The van der Waals surface area contributed by atoms with Crippen LogP contribution in [0, 0.1) is 0 Å². The summed E-state index contributed by atoms with van der Waals surface area (Å²) in [5.41, 5.74) is 10.0. The molecule has 1 fully saturated rings. The number of nitrogens with two attached hydrogens (primary N) is 1. The van der Waals surface area contributed by atoms with Gasteiger partial charge in [-0.1, -0.05) is 19.3 Å². The minimum absolute atomic E-state index is 0.159. The van der Waals surface area contributed by atoms with Crippen LogP contribution in [-0.2, 0) is 12.5 Å². The Labute approximate surface area is 108 Å². The first kappa shape index (κ1) is 11.7. The lowest BCUT2D eigenvalue weighted by Gasteiger charge is -2.36. The molecule has 0 radical (unpaired) electrons. The molecule has 0 bridgehead atoms. The Bertz CT molecular complexity index is 550. The molecule has 18 heavy (non-hydrogen) atoms. The fourth-order valence-corrected chi connectivity index (χ4v) is 3.41. The largest absolute Gasteiger partial charge is 0.349 e. The van der Waals surface area contributed by atoms with E-state index in [1.807, 2.05) is 12.3 Å². The topological polar surface area (TPSA) is 43.8 Å². The summed E-state index contributed by atoms with van der Waals surface area (Å²) in [6.07, 6.45) is 10.5. The van der Waals surface area contributed by atoms with Crippen molar-refractivity contribution in [3.05, 3.63) is 30.1 Å². The van der Waals surface area contributed by atoms with Gasteiger partial charge in [-0.25, -0.2) is 0 Å². The third-order valence-electron chi connectivity index (χ3n) is 4.52. The van der Waals surface area contributed by atoms with Crippen molar-refractivity contribution in [2.45, 2.75) is 37.5 Å². The molecule has 0 atom stereocenters. The van der Waals surface area contributed by atoms with Gasteiger partial charge in [0.2, 0.25) is 0 Å². The van der Waals surface area contributed by atoms with E-state index in [2.05, 4.69) is 28.9 Å². The molecule has 2 aromatic rings. The van der Waals surface area contributed by atoms with Gasteiger partial charge in [-0.15, -0.1) is 0 Å². The maximum atomic E-state index is 6.13. The van der Waals surface area contributed by atoms with E-state index < -0.39 is 0 Å². The van der Waals surface area contributed by atoms with Crippen LogP contribution in [0.2, 0.25) is 0 Å². The molecule has 2 aromatic heterocycles. The molecule has 1 aliphatic carbocycles. The third-order valence-corrected chi connectivity index (χ3v) is 4.52. The molecule has 96 valence electrons. The monoisotopic (exact) mass is 243 g/mol. The van der Waals surface area contributed by atoms with Crippen LogP contribution in [0.4, 0.5) is 0 Å². The van der Waals surface area contributed by atoms with E-state index in [0.29, 0.717) is 0 Å². The van der Waals surface area contributed by atoms with Gasteiger partial charge in [0.25, 0.3) is 0 Å². The van der Waals surface area contributed by atoms with Crippen molar-refractivity contribution >= 4 is 11.0 Å². The smallest absolute Gasteiger partial charge is 0.0918 e. The number of fused-ring (bicyclic) bond motifs is 1. The van der Waals surface area contributed by atoms with Crippen LogP contribution in [0.5, 0.6) is 0 Å². The second-order valence-electron chi connectivity index (χ2n) is 5.57. The lowest BCUT2D eigenvalue weighted by molar-refractivity contribution is 0.302. The van der Waals surface area contributed by atoms with Gasteiger partial charge in [-0.3, -0.25) is 4.98 Å². The lowest BCUT2D eigenvalue weighted by Crippen LogP contribution is -2.37. The van der Waals surface area contributed by atoms with Crippen molar-refractivity contribution in [1.29, 1.82) is 0 Å². The van der Waals surface area contributed by atoms with E-state index in [1.165, 1.54) is 43.2 Å². The van der Waals surface area contributed by atoms with Gasteiger partial charge in [-0.2, -0.15) is 0 Å². The van der Waals surface area contributed by atoms with Crippen molar-refractivity contribution in [1.82, 2.24) is 9.55 Å². The summed E-state index contributed by atoms with van der Waals surface area (Å²) in [7, 11) is 2.10. The van der Waals surface area contributed by atoms with E-state index in [1.54, 1.807) is 0 Å². The number of rotatable bonds is 2. The highest BCUT2D eigenvalue weighted by Gasteiger charge is 2.35. The second-order valence-corrected chi connectivity index (χ2v) is 5.57. The van der Waals surface area contributed by atoms with Crippen molar-refractivity contribution in [3.63, 3.8) is 0 Å². The summed E-state index contributed by atoms with van der Waals surface area (Å²) in [6.45, 7) is 0.739. The molecule has 3 rings (SSSR count). The van der Waals surface area contributed by atoms with Gasteiger partial charge >= 0.3 is 0 Å². The molecule has 2 heterocycles. The molecule has 3 heteroatoms. The van der Waals surface area contributed by atoms with Gasteiger partial charge < -0.3 is 10.3 Å². The SMILES string of the molecule is Cn1cc(C2(CN)CCCCC2)c2ncccc21. The van der Waals surface area contributed by atoms with Crippen molar-refractivity contribution in [3.8, 4) is 0 Å². The number of hydrogen-bond acceptors (Lipinski definition) is 2. The van der Waals surface area contributed by atoms with Crippen LogP contribution in [0.3, 0.4) is 0 Å². The number of nitrogens with zero attached hydrogens (tertiary/aromatic N) is 2. The van der Waals surface area contributed by atoms with Gasteiger partial charge in [0.15, 0.2) is 0 Å². The molecule has 1 aliphatic rings.